The second-order valence-corrected chi connectivity index (χ2v) is 6.97. The van der Waals surface area contributed by atoms with E-state index in [2.05, 4.69) is 29.0 Å². The van der Waals surface area contributed by atoms with Gasteiger partial charge in [-0.1, -0.05) is 43.6 Å². The predicted molar refractivity (Wildman–Crippen MR) is 102 cm³/mol. The number of nitrogens with one attached hydrogen (secondary N) is 1. The van der Waals surface area contributed by atoms with Gasteiger partial charge in [-0.3, -0.25) is 4.79 Å². The maximum atomic E-state index is 12.4. The molecular formula is C18H20ClN3OS. The molecule has 0 atom stereocenters. The SMILES string of the molecule is CCN(CC)CCNC(=O)c1cc2c(Cl)nc3ccccc3c2s1. The smallest absolute Gasteiger partial charge is 0.261 e. The van der Waals surface area contributed by atoms with E-state index < -0.39 is 0 Å². The van der Waals surface area contributed by atoms with Gasteiger partial charge in [0.15, 0.2) is 0 Å². The largest absolute Gasteiger partial charge is 0.350 e. The average molecular weight is 362 g/mol. The minimum absolute atomic E-state index is 0.0523. The zero-order valence-electron chi connectivity index (χ0n) is 13.8. The van der Waals surface area contributed by atoms with E-state index >= 15 is 0 Å². The van der Waals surface area contributed by atoms with Crippen LogP contribution in [0.3, 0.4) is 0 Å². The maximum Gasteiger partial charge on any atom is 0.261 e. The Balaban J connectivity index is 1.84. The third kappa shape index (κ3) is 3.38. The Morgan fingerprint density at radius 2 is 2.00 bits per heavy atom. The lowest BCUT2D eigenvalue weighted by Gasteiger charge is -2.17. The molecule has 0 saturated carbocycles. The average Bonchev–Trinajstić information content (AvgIpc) is 3.05. The van der Waals surface area contributed by atoms with E-state index in [1.165, 1.54) is 11.3 Å². The minimum atomic E-state index is -0.0523. The Morgan fingerprint density at radius 3 is 2.75 bits per heavy atom. The number of hydrogen-bond acceptors (Lipinski definition) is 4. The summed E-state index contributed by atoms with van der Waals surface area (Å²) in [4.78, 5) is 19.8. The number of amides is 1. The number of hydrogen-bond donors (Lipinski definition) is 1. The second-order valence-electron chi connectivity index (χ2n) is 5.56. The normalized spacial score (nSPS) is 11.5. The predicted octanol–water partition coefficient (Wildman–Crippen LogP) is 4.17. The second kappa shape index (κ2) is 7.47. The molecule has 0 fully saturated rings. The van der Waals surface area contributed by atoms with Gasteiger partial charge >= 0.3 is 0 Å². The van der Waals surface area contributed by atoms with Gasteiger partial charge in [-0.25, -0.2) is 4.98 Å². The van der Waals surface area contributed by atoms with Crippen LogP contribution in [0.15, 0.2) is 30.3 Å². The number of halogens is 1. The molecule has 126 valence electrons. The summed E-state index contributed by atoms with van der Waals surface area (Å²) < 4.78 is 1.01. The number of fused-ring (bicyclic) bond motifs is 3. The van der Waals surface area contributed by atoms with Gasteiger partial charge in [-0.05, 0) is 25.2 Å². The molecule has 0 radical (unpaired) electrons. The summed E-state index contributed by atoms with van der Waals surface area (Å²) in [5, 5.41) is 5.31. The summed E-state index contributed by atoms with van der Waals surface area (Å²) in [6.45, 7) is 7.72. The molecule has 0 aliphatic heterocycles. The van der Waals surface area contributed by atoms with E-state index in [1.54, 1.807) is 0 Å². The third-order valence-corrected chi connectivity index (χ3v) is 5.61. The Hall–Kier alpha value is -1.69. The van der Waals surface area contributed by atoms with Crippen LogP contribution in [0.25, 0.3) is 21.0 Å². The van der Waals surface area contributed by atoms with Crippen molar-refractivity contribution >= 4 is 49.8 Å². The van der Waals surface area contributed by atoms with Gasteiger partial charge in [0.2, 0.25) is 0 Å². The molecule has 4 nitrogen and oxygen atoms in total. The van der Waals surface area contributed by atoms with Crippen LogP contribution in [0, 0.1) is 0 Å². The molecule has 0 aliphatic rings. The van der Waals surface area contributed by atoms with Crippen molar-refractivity contribution in [2.75, 3.05) is 26.2 Å². The van der Waals surface area contributed by atoms with Crippen molar-refractivity contribution < 1.29 is 4.79 Å². The molecule has 3 rings (SSSR count). The highest BCUT2D eigenvalue weighted by molar-refractivity contribution is 7.21. The maximum absolute atomic E-state index is 12.4. The van der Waals surface area contributed by atoms with Crippen LogP contribution in [-0.4, -0.2) is 42.0 Å². The molecule has 0 bridgehead atoms. The number of pyridine rings is 1. The molecule has 1 amide bonds. The van der Waals surface area contributed by atoms with Crippen molar-refractivity contribution in [2.24, 2.45) is 0 Å². The molecule has 6 heteroatoms. The number of carbonyl (C=O) groups excluding carboxylic acids is 1. The van der Waals surface area contributed by atoms with E-state index in [0.717, 1.165) is 40.6 Å². The van der Waals surface area contributed by atoms with E-state index in [1.807, 2.05) is 30.3 Å². The van der Waals surface area contributed by atoms with Crippen molar-refractivity contribution in [1.29, 1.82) is 0 Å². The van der Waals surface area contributed by atoms with Gasteiger partial charge in [0.05, 0.1) is 10.4 Å². The third-order valence-electron chi connectivity index (χ3n) is 4.15. The van der Waals surface area contributed by atoms with Gasteiger partial charge in [0, 0.05) is 28.6 Å². The molecule has 0 unspecified atom stereocenters. The van der Waals surface area contributed by atoms with Crippen LogP contribution in [-0.2, 0) is 0 Å². The Morgan fingerprint density at radius 1 is 1.25 bits per heavy atom. The fourth-order valence-electron chi connectivity index (χ4n) is 2.74. The molecule has 0 spiro atoms. The minimum Gasteiger partial charge on any atom is -0.350 e. The molecule has 2 aromatic heterocycles. The molecule has 1 N–H and O–H groups in total. The number of carbonyl (C=O) groups is 1. The molecule has 2 heterocycles. The van der Waals surface area contributed by atoms with Crippen LogP contribution < -0.4 is 5.32 Å². The Labute approximate surface area is 150 Å². The topological polar surface area (TPSA) is 45.2 Å². The first-order chi connectivity index (χ1) is 11.6. The van der Waals surface area contributed by atoms with Crippen LogP contribution in [0.5, 0.6) is 0 Å². The number of rotatable bonds is 6. The summed E-state index contributed by atoms with van der Waals surface area (Å²) >= 11 is 7.76. The molecule has 3 aromatic rings. The van der Waals surface area contributed by atoms with Crippen molar-refractivity contribution in [3.05, 3.63) is 40.4 Å². The molecular weight excluding hydrogens is 342 g/mol. The molecule has 24 heavy (non-hydrogen) atoms. The number of para-hydroxylation sites is 1. The molecule has 0 aliphatic carbocycles. The van der Waals surface area contributed by atoms with Gasteiger partial charge in [0.25, 0.3) is 5.91 Å². The lowest BCUT2D eigenvalue weighted by Crippen LogP contribution is -2.34. The number of likely N-dealkylation sites (N-methyl/N-ethyl adjacent to an activating group) is 1. The Bertz CT molecular complexity index is 873. The first-order valence-corrected chi connectivity index (χ1v) is 9.31. The number of aromatic nitrogens is 1. The monoisotopic (exact) mass is 361 g/mol. The summed E-state index contributed by atoms with van der Waals surface area (Å²) in [5.74, 6) is -0.0523. The van der Waals surface area contributed by atoms with Crippen molar-refractivity contribution in [1.82, 2.24) is 15.2 Å². The summed E-state index contributed by atoms with van der Waals surface area (Å²) in [6, 6.07) is 9.70. The summed E-state index contributed by atoms with van der Waals surface area (Å²) in [5.41, 5.74) is 0.852. The zero-order chi connectivity index (χ0) is 17.1. The van der Waals surface area contributed by atoms with Crippen LogP contribution in [0.4, 0.5) is 0 Å². The standard InChI is InChI=1S/C18H20ClN3OS/c1-3-22(4-2)10-9-20-18(23)15-11-13-16(24-15)12-7-5-6-8-14(12)21-17(13)19/h5-8,11H,3-4,9-10H2,1-2H3,(H,20,23). The fraction of sp³-hybridized carbons (Fsp3) is 0.333. The Kier molecular flexibility index (Phi) is 5.33. The number of benzene rings is 1. The van der Waals surface area contributed by atoms with Crippen LogP contribution >= 0.6 is 22.9 Å². The molecule has 0 saturated heterocycles. The highest BCUT2D eigenvalue weighted by Crippen LogP contribution is 2.35. The van der Waals surface area contributed by atoms with Gasteiger partial charge in [0.1, 0.15) is 5.15 Å². The highest BCUT2D eigenvalue weighted by Gasteiger charge is 2.15. The van der Waals surface area contributed by atoms with E-state index in [9.17, 15) is 4.79 Å². The first kappa shape index (κ1) is 17.1. The number of nitrogens with zero attached hydrogens (tertiary/aromatic N) is 2. The van der Waals surface area contributed by atoms with Gasteiger partial charge in [-0.2, -0.15) is 0 Å². The van der Waals surface area contributed by atoms with Crippen molar-refractivity contribution in [2.45, 2.75) is 13.8 Å². The summed E-state index contributed by atoms with van der Waals surface area (Å²) in [7, 11) is 0. The van der Waals surface area contributed by atoms with Gasteiger partial charge < -0.3 is 10.2 Å². The van der Waals surface area contributed by atoms with Crippen molar-refractivity contribution in [3.63, 3.8) is 0 Å². The van der Waals surface area contributed by atoms with Crippen molar-refractivity contribution in [3.8, 4) is 0 Å². The van der Waals surface area contributed by atoms with E-state index in [4.69, 9.17) is 11.6 Å². The summed E-state index contributed by atoms with van der Waals surface area (Å²) in [6.07, 6.45) is 0. The zero-order valence-corrected chi connectivity index (χ0v) is 15.4. The van der Waals surface area contributed by atoms with Crippen LogP contribution in [0.2, 0.25) is 5.15 Å². The number of thiophene rings is 1. The fourth-order valence-corrected chi connectivity index (χ4v) is 4.15. The highest BCUT2D eigenvalue weighted by atomic mass is 35.5. The lowest BCUT2D eigenvalue weighted by atomic mass is 10.2. The van der Waals surface area contributed by atoms with Crippen LogP contribution in [0.1, 0.15) is 23.5 Å². The van der Waals surface area contributed by atoms with E-state index in [-0.39, 0.29) is 5.91 Å². The first-order valence-electron chi connectivity index (χ1n) is 8.12. The molecule has 1 aromatic carbocycles. The quantitative estimate of drug-likeness (QED) is 0.670. The van der Waals surface area contributed by atoms with E-state index in [0.29, 0.717) is 16.6 Å². The van der Waals surface area contributed by atoms with Gasteiger partial charge in [-0.15, -0.1) is 11.3 Å². The lowest BCUT2D eigenvalue weighted by molar-refractivity contribution is 0.0953.